The minimum Gasteiger partial charge on any atom is -0.489 e. The summed E-state index contributed by atoms with van der Waals surface area (Å²) >= 11 is 0. The fourth-order valence-electron chi connectivity index (χ4n) is 3.62. The summed E-state index contributed by atoms with van der Waals surface area (Å²) in [4.78, 5) is 49.0. The zero-order valence-corrected chi connectivity index (χ0v) is 15.5. The van der Waals surface area contributed by atoms with E-state index in [1.165, 1.54) is 4.90 Å². The Kier molecular flexibility index (Phi) is 4.75. The van der Waals surface area contributed by atoms with Crippen molar-refractivity contribution in [1.29, 1.82) is 0 Å². The maximum atomic E-state index is 12.8. The number of carbonyl (C=O) groups excluding carboxylic acids is 4. The molecule has 2 aromatic rings. The van der Waals surface area contributed by atoms with E-state index in [2.05, 4.69) is 5.32 Å². The first-order valence-electron chi connectivity index (χ1n) is 9.22. The van der Waals surface area contributed by atoms with Crippen LogP contribution in [-0.4, -0.2) is 34.6 Å². The van der Waals surface area contributed by atoms with Gasteiger partial charge in [0.1, 0.15) is 18.4 Å². The Balaban J connectivity index is 1.50. The molecule has 0 saturated carbocycles. The number of fused-ring (bicyclic) bond motifs is 1. The smallest absolute Gasteiger partial charge is 0.255 e. The van der Waals surface area contributed by atoms with Crippen molar-refractivity contribution in [3.05, 3.63) is 64.7 Å². The summed E-state index contributed by atoms with van der Waals surface area (Å²) < 4.78 is 5.91. The first-order valence-corrected chi connectivity index (χ1v) is 9.22. The zero-order chi connectivity index (χ0) is 20.5. The van der Waals surface area contributed by atoms with Crippen LogP contribution in [0.15, 0.2) is 42.5 Å². The average molecular weight is 393 g/mol. The fourth-order valence-corrected chi connectivity index (χ4v) is 3.62. The van der Waals surface area contributed by atoms with Crippen molar-refractivity contribution in [3.8, 4) is 5.75 Å². The number of amides is 4. The summed E-state index contributed by atoms with van der Waals surface area (Å²) in [6.45, 7) is 0.499. The number of rotatable bonds is 5. The van der Waals surface area contributed by atoms with E-state index in [-0.39, 0.29) is 31.4 Å². The quantitative estimate of drug-likeness (QED) is 0.738. The number of nitrogens with two attached hydrogens (primary N) is 1. The van der Waals surface area contributed by atoms with E-state index >= 15 is 0 Å². The second kappa shape index (κ2) is 7.38. The lowest BCUT2D eigenvalue weighted by Gasteiger charge is -2.29. The third-order valence-electron chi connectivity index (χ3n) is 5.17. The van der Waals surface area contributed by atoms with Crippen LogP contribution in [-0.2, 0) is 22.7 Å². The topological polar surface area (TPSA) is 119 Å². The molecule has 2 aliphatic heterocycles. The van der Waals surface area contributed by atoms with E-state index in [0.29, 0.717) is 23.3 Å². The van der Waals surface area contributed by atoms with Gasteiger partial charge in [-0.05, 0) is 36.2 Å². The highest BCUT2D eigenvalue weighted by molar-refractivity contribution is 6.05. The summed E-state index contributed by atoms with van der Waals surface area (Å²) in [7, 11) is 0. The van der Waals surface area contributed by atoms with Crippen LogP contribution in [0.2, 0.25) is 0 Å². The lowest BCUT2D eigenvalue weighted by Crippen LogP contribution is -2.52. The van der Waals surface area contributed by atoms with Crippen LogP contribution in [0.4, 0.5) is 0 Å². The molecule has 29 heavy (non-hydrogen) atoms. The third-order valence-corrected chi connectivity index (χ3v) is 5.17. The minimum absolute atomic E-state index is 0.210. The Labute approximate surface area is 166 Å². The monoisotopic (exact) mass is 393 g/mol. The van der Waals surface area contributed by atoms with Crippen LogP contribution >= 0.6 is 0 Å². The van der Waals surface area contributed by atoms with Gasteiger partial charge in [0.2, 0.25) is 17.7 Å². The maximum Gasteiger partial charge on any atom is 0.255 e. The Hall–Kier alpha value is -3.68. The summed E-state index contributed by atoms with van der Waals surface area (Å²) in [6.07, 6.45) is 0.522. The second-order valence-electron chi connectivity index (χ2n) is 7.03. The predicted molar refractivity (Wildman–Crippen MR) is 102 cm³/mol. The Morgan fingerprint density at radius 2 is 1.90 bits per heavy atom. The normalized spacial score (nSPS) is 18.4. The number of nitrogens with zero attached hydrogens (tertiary/aromatic N) is 1. The van der Waals surface area contributed by atoms with Gasteiger partial charge in [-0.15, -0.1) is 0 Å². The Bertz CT molecular complexity index is 1020. The molecule has 0 spiro atoms. The fraction of sp³-hybridized carbons (Fsp3) is 0.238. The second-order valence-corrected chi connectivity index (χ2v) is 7.03. The van der Waals surface area contributed by atoms with Gasteiger partial charge >= 0.3 is 0 Å². The molecule has 4 amide bonds. The third kappa shape index (κ3) is 3.56. The van der Waals surface area contributed by atoms with Gasteiger partial charge in [0.05, 0.1) is 6.54 Å². The standard InChI is InChI=1S/C21H19N3O5/c22-19(26)13-6-4-12(5-7-13)11-29-17-3-1-2-14-15(17)10-24(21(14)28)16-8-9-18(25)23-20(16)27/h1-7,16H,8-11H2,(H2,22,26)(H,23,25,27). The van der Waals surface area contributed by atoms with Crippen molar-refractivity contribution in [3.63, 3.8) is 0 Å². The van der Waals surface area contributed by atoms with Crippen molar-refractivity contribution >= 4 is 23.6 Å². The van der Waals surface area contributed by atoms with Crippen LogP contribution < -0.4 is 15.8 Å². The molecule has 2 aliphatic rings. The molecular weight excluding hydrogens is 374 g/mol. The van der Waals surface area contributed by atoms with E-state index < -0.39 is 17.9 Å². The average Bonchev–Trinajstić information content (AvgIpc) is 3.04. The highest BCUT2D eigenvalue weighted by Gasteiger charge is 2.40. The van der Waals surface area contributed by atoms with Crippen LogP contribution in [0.25, 0.3) is 0 Å². The van der Waals surface area contributed by atoms with Crippen LogP contribution in [0.1, 0.15) is 44.7 Å². The lowest BCUT2D eigenvalue weighted by atomic mass is 10.0. The maximum absolute atomic E-state index is 12.8. The summed E-state index contributed by atoms with van der Waals surface area (Å²) in [5.74, 6) is -0.943. The van der Waals surface area contributed by atoms with E-state index in [1.807, 2.05) is 0 Å². The van der Waals surface area contributed by atoms with E-state index in [0.717, 1.165) is 11.1 Å². The first-order chi connectivity index (χ1) is 13.9. The van der Waals surface area contributed by atoms with Gasteiger partial charge in [-0.25, -0.2) is 0 Å². The number of hydrogen-bond donors (Lipinski definition) is 2. The van der Waals surface area contributed by atoms with Crippen molar-refractivity contribution in [2.24, 2.45) is 5.73 Å². The highest BCUT2D eigenvalue weighted by atomic mass is 16.5. The predicted octanol–water partition coefficient (Wildman–Crippen LogP) is 1.13. The number of imide groups is 1. The molecule has 0 bridgehead atoms. The number of primary amides is 1. The van der Waals surface area contributed by atoms with E-state index in [4.69, 9.17) is 10.5 Å². The molecule has 3 N–H and O–H groups in total. The van der Waals surface area contributed by atoms with Crippen molar-refractivity contribution < 1.29 is 23.9 Å². The van der Waals surface area contributed by atoms with Gasteiger partial charge in [0.15, 0.2) is 0 Å². The van der Waals surface area contributed by atoms with E-state index in [9.17, 15) is 19.2 Å². The van der Waals surface area contributed by atoms with Crippen LogP contribution in [0.3, 0.4) is 0 Å². The molecule has 0 aromatic heterocycles. The molecular formula is C21H19N3O5. The molecule has 1 fully saturated rings. The number of benzene rings is 2. The molecule has 4 rings (SSSR count). The lowest BCUT2D eigenvalue weighted by molar-refractivity contribution is -0.136. The van der Waals surface area contributed by atoms with Gasteiger partial charge in [-0.2, -0.15) is 0 Å². The molecule has 2 heterocycles. The van der Waals surface area contributed by atoms with Crippen LogP contribution in [0, 0.1) is 0 Å². The van der Waals surface area contributed by atoms with Crippen molar-refractivity contribution in [2.75, 3.05) is 0 Å². The number of hydrogen-bond acceptors (Lipinski definition) is 5. The zero-order valence-electron chi connectivity index (χ0n) is 15.5. The molecule has 2 aromatic carbocycles. The number of ether oxygens (including phenoxy) is 1. The number of nitrogens with one attached hydrogen (secondary N) is 1. The molecule has 148 valence electrons. The van der Waals surface area contributed by atoms with Crippen LogP contribution in [0.5, 0.6) is 5.75 Å². The SMILES string of the molecule is NC(=O)c1ccc(COc2cccc3c2CN(C2CCC(=O)NC2=O)C3=O)cc1. The largest absolute Gasteiger partial charge is 0.489 e. The number of piperidine rings is 1. The van der Waals surface area contributed by atoms with E-state index in [1.54, 1.807) is 42.5 Å². The summed E-state index contributed by atoms with van der Waals surface area (Å²) in [5, 5.41) is 2.29. The summed E-state index contributed by atoms with van der Waals surface area (Å²) in [5.41, 5.74) is 7.72. The molecule has 8 nitrogen and oxygen atoms in total. The molecule has 1 unspecified atom stereocenters. The molecule has 0 aliphatic carbocycles. The first kappa shape index (κ1) is 18.7. The Morgan fingerprint density at radius 3 is 2.59 bits per heavy atom. The van der Waals surface area contributed by atoms with Gasteiger partial charge in [-0.3, -0.25) is 24.5 Å². The molecule has 1 atom stereocenters. The van der Waals surface area contributed by atoms with Crippen molar-refractivity contribution in [1.82, 2.24) is 10.2 Å². The highest BCUT2D eigenvalue weighted by Crippen LogP contribution is 2.33. The van der Waals surface area contributed by atoms with Gasteiger partial charge < -0.3 is 15.4 Å². The van der Waals surface area contributed by atoms with Gasteiger partial charge in [0, 0.05) is 23.1 Å². The van der Waals surface area contributed by atoms with Crippen molar-refractivity contribution in [2.45, 2.75) is 32.0 Å². The summed E-state index contributed by atoms with van der Waals surface area (Å²) in [6, 6.07) is 11.3. The molecule has 1 saturated heterocycles. The van der Waals surface area contributed by atoms with Gasteiger partial charge in [-0.1, -0.05) is 18.2 Å². The minimum atomic E-state index is -0.665. The molecule has 0 radical (unpaired) electrons. The van der Waals surface area contributed by atoms with Gasteiger partial charge in [0.25, 0.3) is 5.91 Å². The number of carbonyl (C=O) groups is 4. The Morgan fingerprint density at radius 1 is 1.14 bits per heavy atom. The molecule has 8 heteroatoms.